The van der Waals surface area contributed by atoms with Crippen LogP contribution in [0.5, 0.6) is 0 Å². The van der Waals surface area contributed by atoms with E-state index in [2.05, 4.69) is 5.32 Å². The van der Waals surface area contributed by atoms with Crippen LogP contribution in [0.2, 0.25) is 5.02 Å². The summed E-state index contributed by atoms with van der Waals surface area (Å²) in [5.74, 6) is -1.59. The molecule has 0 aliphatic rings. The Kier molecular flexibility index (Phi) is 8.13. The average Bonchev–Trinajstić information content (AvgIpc) is 2.90. The van der Waals surface area contributed by atoms with Crippen LogP contribution in [-0.2, 0) is 21.4 Å². The van der Waals surface area contributed by atoms with Gasteiger partial charge in [0.25, 0.3) is 0 Å². The Labute approximate surface area is 219 Å². The van der Waals surface area contributed by atoms with Crippen LogP contribution in [0.4, 0.5) is 10.1 Å². The summed E-state index contributed by atoms with van der Waals surface area (Å²) < 4.78 is 41.2. The number of benzene rings is 4. The summed E-state index contributed by atoms with van der Waals surface area (Å²) in [6.45, 7) is -0.638. The molecule has 0 aromatic heterocycles. The van der Waals surface area contributed by atoms with Crippen molar-refractivity contribution in [2.24, 2.45) is 0 Å². The molecule has 4 aromatic rings. The Bertz CT molecular complexity index is 1510. The lowest BCUT2D eigenvalue weighted by atomic mass is 10.0. The van der Waals surface area contributed by atoms with Crippen LogP contribution in [0.25, 0.3) is 0 Å². The zero-order chi connectivity index (χ0) is 26.4. The number of hydrogen-bond donors (Lipinski definition) is 1. The molecule has 9 heteroatoms. The van der Waals surface area contributed by atoms with Crippen LogP contribution >= 0.6 is 11.6 Å². The predicted octanol–water partition coefficient (Wildman–Crippen LogP) is 5.54. The van der Waals surface area contributed by atoms with E-state index in [-0.39, 0.29) is 28.5 Å². The highest BCUT2D eigenvalue weighted by Crippen LogP contribution is 2.25. The SMILES string of the molecule is O=C(CN(Cc1ccccc1)S(=O)(=O)c1ccc(F)cc1)Nc1ccc(Cl)cc1C(=O)c1ccccc1. The third-order valence-electron chi connectivity index (χ3n) is 5.51. The molecule has 0 unspecified atom stereocenters. The number of amides is 1. The number of rotatable bonds is 9. The van der Waals surface area contributed by atoms with Gasteiger partial charge in [-0.15, -0.1) is 0 Å². The molecule has 0 aliphatic heterocycles. The highest BCUT2D eigenvalue weighted by molar-refractivity contribution is 7.89. The van der Waals surface area contributed by atoms with Crippen LogP contribution in [0.1, 0.15) is 21.5 Å². The molecule has 0 saturated heterocycles. The largest absolute Gasteiger partial charge is 0.324 e. The molecule has 0 fully saturated rings. The molecule has 188 valence electrons. The first kappa shape index (κ1) is 26.2. The summed E-state index contributed by atoms with van der Waals surface area (Å²) >= 11 is 6.12. The fraction of sp³-hybridized carbons (Fsp3) is 0.0714. The van der Waals surface area contributed by atoms with E-state index in [0.29, 0.717) is 16.1 Å². The third-order valence-corrected chi connectivity index (χ3v) is 7.55. The second kappa shape index (κ2) is 11.5. The average molecular weight is 537 g/mol. The highest BCUT2D eigenvalue weighted by Gasteiger charge is 2.27. The molecule has 4 rings (SSSR count). The topological polar surface area (TPSA) is 83.6 Å². The molecule has 37 heavy (non-hydrogen) atoms. The van der Waals surface area contributed by atoms with E-state index in [1.165, 1.54) is 18.2 Å². The van der Waals surface area contributed by atoms with E-state index in [0.717, 1.165) is 28.6 Å². The zero-order valence-electron chi connectivity index (χ0n) is 19.5. The Morgan fingerprint density at radius 3 is 2.11 bits per heavy atom. The van der Waals surface area contributed by atoms with Crippen LogP contribution in [-0.4, -0.2) is 31.0 Å². The van der Waals surface area contributed by atoms with Gasteiger partial charge in [0, 0.05) is 22.7 Å². The Balaban J connectivity index is 1.62. The first-order valence-electron chi connectivity index (χ1n) is 11.2. The molecule has 6 nitrogen and oxygen atoms in total. The number of nitrogens with one attached hydrogen (secondary N) is 1. The maximum Gasteiger partial charge on any atom is 0.243 e. The fourth-order valence-electron chi connectivity index (χ4n) is 3.68. The molecule has 0 atom stereocenters. The maximum atomic E-state index is 13.4. The number of nitrogens with zero attached hydrogens (tertiary/aromatic N) is 1. The van der Waals surface area contributed by atoms with Gasteiger partial charge in [0.05, 0.1) is 17.1 Å². The minimum atomic E-state index is -4.16. The lowest BCUT2D eigenvalue weighted by Crippen LogP contribution is -2.37. The normalized spacial score (nSPS) is 11.3. The zero-order valence-corrected chi connectivity index (χ0v) is 21.0. The van der Waals surface area contributed by atoms with Crippen molar-refractivity contribution in [3.8, 4) is 0 Å². The molecular formula is C28H22ClFN2O4S. The predicted molar refractivity (Wildman–Crippen MR) is 140 cm³/mol. The molecule has 1 N–H and O–H groups in total. The standard InChI is InChI=1S/C28H22ClFN2O4S/c29-22-11-16-26(25(17-22)28(34)21-9-5-2-6-10-21)31-27(33)19-32(18-20-7-3-1-4-8-20)37(35,36)24-14-12-23(30)13-15-24/h1-17H,18-19H2,(H,31,33). The second-order valence-corrected chi connectivity index (χ2v) is 10.5. The summed E-state index contributed by atoms with van der Waals surface area (Å²) in [5.41, 5.74) is 1.43. The summed E-state index contributed by atoms with van der Waals surface area (Å²) in [6, 6.07) is 26.1. The van der Waals surface area contributed by atoms with Gasteiger partial charge in [-0.1, -0.05) is 72.3 Å². The highest BCUT2D eigenvalue weighted by atomic mass is 35.5. The third kappa shape index (κ3) is 6.48. The van der Waals surface area contributed by atoms with Crippen molar-refractivity contribution in [1.29, 1.82) is 0 Å². The van der Waals surface area contributed by atoms with E-state index in [1.807, 2.05) is 0 Å². The first-order valence-corrected chi connectivity index (χ1v) is 13.0. The van der Waals surface area contributed by atoms with Crippen LogP contribution in [0, 0.1) is 5.82 Å². The molecule has 0 heterocycles. The van der Waals surface area contributed by atoms with Crippen molar-refractivity contribution < 1.29 is 22.4 Å². The Morgan fingerprint density at radius 1 is 0.838 bits per heavy atom. The van der Waals surface area contributed by atoms with Crippen molar-refractivity contribution in [2.75, 3.05) is 11.9 Å². The minimum absolute atomic E-state index is 0.0929. The molecule has 1 amide bonds. The number of anilines is 1. The van der Waals surface area contributed by atoms with Gasteiger partial charge >= 0.3 is 0 Å². The van der Waals surface area contributed by atoms with Crippen LogP contribution in [0.3, 0.4) is 0 Å². The monoisotopic (exact) mass is 536 g/mol. The van der Waals surface area contributed by atoms with E-state index in [9.17, 15) is 22.4 Å². The summed E-state index contributed by atoms with van der Waals surface area (Å²) in [5, 5.41) is 2.96. The van der Waals surface area contributed by atoms with Gasteiger partial charge in [0.1, 0.15) is 5.82 Å². The van der Waals surface area contributed by atoms with Gasteiger partial charge in [0.2, 0.25) is 15.9 Å². The van der Waals surface area contributed by atoms with Crippen LogP contribution < -0.4 is 5.32 Å². The smallest absolute Gasteiger partial charge is 0.243 e. The fourth-order valence-corrected chi connectivity index (χ4v) is 5.23. The molecule has 0 aliphatic carbocycles. The quantitative estimate of drug-likeness (QED) is 0.285. The van der Waals surface area contributed by atoms with E-state index in [4.69, 9.17) is 11.6 Å². The van der Waals surface area contributed by atoms with Crippen molar-refractivity contribution in [1.82, 2.24) is 4.31 Å². The van der Waals surface area contributed by atoms with Gasteiger partial charge in [-0.25, -0.2) is 12.8 Å². The van der Waals surface area contributed by atoms with Gasteiger partial charge in [-0.05, 0) is 48.0 Å². The van der Waals surface area contributed by atoms with Crippen molar-refractivity contribution in [3.05, 3.63) is 131 Å². The number of sulfonamides is 1. The number of halogens is 2. The minimum Gasteiger partial charge on any atom is -0.324 e. The number of carbonyl (C=O) groups excluding carboxylic acids is 2. The molecular weight excluding hydrogens is 515 g/mol. The number of carbonyl (C=O) groups is 2. The summed E-state index contributed by atoms with van der Waals surface area (Å²) in [4.78, 5) is 26.1. The maximum absolute atomic E-state index is 13.4. The molecule has 0 spiro atoms. The summed E-state index contributed by atoms with van der Waals surface area (Å²) in [7, 11) is -4.16. The Morgan fingerprint density at radius 2 is 1.46 bits per heavy atom. The van der Waals surface area contributed by atoms with Crippen molar-refractivity contribution >= 4 is 39.0 Å². The first-order chi connectivity index (χ1) is 17.7. The summed E-state index contributed by atoms with van der Waals surface area (Å²) in [6.07, 6.45) is 0. The van der Waals surface area contributed by atoms with Gasteiger partial charge < -0.3 is 5.32 Å². The number of hydrogen-bond acceptors (Lipinski definition) is 4. The lowest BCUT2D eigenvalue weighted by molar-refractivity contribution is -0.116. The lowest BCUT2D eigenvalue weighted by Gasteiger charge is -2.22. The van der Waals surface area contributed by atoms with Crippen molar-refractivity contribution in [3.63, 3.8) is 0 Å². The van der Waals surface area contributed by atoms with E-state index >= 15 is 0 Å². The van der Waals surface area contributed by atoms with E-state index in [1.54, 1.807) is 60.7 Å². The Hall–Kier alpha value is -3.85. The van der Waals surface area contributed by atoms with Gasteiger partial charge in [0.15, 0.2) is 5.78 Å². The number of ketones is 1. The van der Waals surface area contributed by atoms with Gasteiger partial charge in [-0.3, -0.25) is 9.59 Å². The molecule has 4 aromatic carbocycles. The van der Waals surface area contributed by atoms with Crippen LogP contribution in [0.15, 0.2) is 108 Å². The van der Waals surface area contributed by atoms with Gasteiger partial charge in [-0.2, -0.15) is 4.31 Å². The molecule has 0 saturated carbocycles. The molecule has 0 bridgehead atoms. The van der Waals surface area contributed by atoms with E-state index < -0.39 is 28.3 Å². The van der Waals surface area contributed by atoms with Crippen molar-refractivity contribution in [2.45, 2.75) is 11.4 Å². The second-order valence-electron chi connectivity index (χ2n) is 8.15. The molecule has 0 radical (unpaired) electrons.